The molecule has 0 aliphatic rings. The van der Waals surface area contributed by atoms with Crippen LogP contribution in [0.15, 0.2) is 231 Å². The quantitative estimate of drug-likeness (QED) is 0.160. The van der Waals surface area contributed by atoms with Crippen LogP contribution in [-0.4, -0.2) is 9.13 Å². The van der Waals surface area contributed by atoms with E-state index in [9.17, 15) is 0 Å². The summed E-state index contributed by atoms with van der Waals surface area (Å²) in [7, 11) is 0. The lowest BCUT2D eigenvalue weighted by Gasteiger charge is -2.11. The van der Waals surface area contributed by atoms with Gasteiger partial charge in [0.25, 0.3) is 0 Å². The number of fused-ring (bicyclic) bond motifs is 8. The summed E-state index contributed by atoms with van der Waals surface area (Å²) in [5.41, 5.74) is 16.9. The molecule has 0 N–H and O–H groups in total. The molecule has 2 heterocycles. The third-order valence-electron chi connectivity index (χ3n) is 12.3. The van der Waals surface area contributed by atoms with Crippen LogP contribution >= 0.6 is 0 Å². The van der Waals surface area contributed by atoms with Crippen molar-refractivity contribution in [1.82, 2.24) is 9.13 Å². The molecule has 0 aliphatic heterocycles. The van der Waals surface area contributed by atoms with Crippen molar-refractivity contribution in [2.24, 2.45) is 0 Å². The Morgan fingerprint density at radius 3 is 1.25 bits per heavy atom. The molecule has 2 heteroatoms. The summed E-state index contributed by atoms with van der Waals surface area (Å²) in [5, 5.41) is 7.53. The Labute approximate surface area is 348 Å². The number of rotatable bonds is 6. The highest BCUT2D eigenvalue weighted by Crippen LogP contribution is 2.40. The molecule has 10 aromatic carbocycles. The van der Waals surface area contributed by atoms with Crippen LogP contribution in [0.5, 0.6) is 0 Å². The zero-order chi connectivity index (χ0) is 39.6. The van der Waals surface area contributed by atoms with E-state index in [4.69, 9.17) is 0 Å². The lowest BCUT2D eigenvalue weighted by Crippen LogP contribution is -1.94. The maximum absolute atomic E-state index is 2.43. The molecular formula is C58H38N2. The topological polar surface area (TPSA) is 9.86 Å². The third-order valence-corrected chi connectivity index (χ3v) is 12.3. The zero-order valence-corrected chi connectivity index (χ0v) is 32.8. The minimum atomic E-state index is 1.15. The van der Waals surface area contributed by atoms with Gasteiger partial charge >= 0.3 is 0 Å². The highest BCUT2D eigenvalue weighted by Gasteiger charge is 2.18. The Morgan fingerprint density at radius 2 is 0.633 bits per heavy atom. The zero-order valence-electron chi connectivity index (χ0n) is 32.8. The SMILES string of the molecule is c1ccc(-c2ccc(-c3ccc(-c4ccc(-n5c6ccccc6c6cc(-c7ccc8c(c7)c7ccc9ccccc9c7n8-c7ccccc7)ccc65)cc4)cc3)cc2)cc1. The van der Waals surface area contributed by atoms with E-state index >= 15 is 0 Å². The highest BCUT2D eigenvalue weighted by atomic mass is 15.0. The van der Waals surface area contributed by atoms with Crippen LogP contribution in [-0.2, 0) is 0 Å². The molecule has 12 rings (SSSR count). The first-order chi connectivity index (χ1) is 29.7. The van der Waals surface area contributed by atoms with Gasteiger partial charge in [-0.3, -0.25) is 0 Å². The molecule has 0 bridgehead atoms. The second kappa shape index (κ2) is 13.9. The summed E-state index contributed by atoms with van der Waals surface area (Å²) in [6, 6.07) is 84.1. The second-order valence-electron chi connectivity index (χ2n) is 15.7. The molecule has 0 radical (unpaired) electrons. The van der Waals surface area contributed by atoms with Crippen molar-refractivity contribution in [2.75, 3.05) is 0 Å². The van der Waals surface area contributed by atoms with Crippen molar-refractivity contribution in [3.8, 4) is 55.9 Å². The largest absolute Gasteiger partial charge is 0.309 e. The Balaban J connectivity index is 0.898. The minimum absolute atomic E-state index is 1.15. The summed E-state index contributed by atoms with van der Waals surface area (Å²) < 4.78 is 4.84. The maximum Gasteiger partial charge on any atom is 0.0619 e. The van der Waals surface area contributed by atoms with E-state index in [2.05, 4.69) is 240 Å². The van der Waals surface area contributed by atoms with Crippen LogP contribution in [0.2, 0.25) is 0 Å². The van der Waals surface area contributed by atoms with Crippen molar-refractivity contribution in [1.29, 1.82) is 0 Å². The van der Waals surface area contributed by atoms with Gasteiger partial charge in [-0.2, -0.15) is 0 Å². The maximum atomic E-state index is 2.43. The van der Waals surface area contributed by atoms with Gasteiger partial charge in [0.2, 0.25) is 0 Å². The van der Waals surface area contributed by atoms with Gasteiger partial charge in [-0.05, 0) is 104 Å². The standard InChI is InChI=1S/C58H38N2/c1-3-11-39(12-4-1)40-19-21-41(22-20-40)42-23-25-43(26-24-42)44-27-32-49(33-28-44)59-55-18-10-9-17-51(55)53-37-46(30-35-56(53)59)47-31-36-57-54(38-47)52-34-29-45-13-7-8-16-50(45)58(52)60(57)48-14-5-2-6-15-48/h1-38H. The van der Waals surface area contributed by atoms with Gasteiger partial charge in [0.1, 0.15) is 0 Å². The summed E-state index contributed by atoms with van der Waals surface area (Å²) in [5.74, 6) is 0. The fraction of sp³-hybridized carbons (Fsp3) is 0. The van der Waals surface area contributed by atoms with Gasteiger partial charge < -0.3 is 9.13 Å². The highest BCUT2D eigenvalue weighted by molar-refractivity contribution is 6.19. The van der Waals surface area contributed by atoms with Gasteiger partial charge in [-0.25, -0.2) is 0 Å². The molecule has 0 spiro atoms. The lowest BCUT2D eigenvalue weighted by molar-refractivity contribution is 1.18. The molecule has 2 nitrogen and oxygen atoms in total. The predicted octanol–water partition coefficient (Wildman–Crippen LogP) is 15.7. The van der Waals surface area contributed by atoms with Crippen molar-refractivity contribution in [2.45, 2.75) is 0 Å². The first-order valence-corrected chi connectivity index (χ1v) is 20.7. The molecule has 0 aliphatic carbocycles. The number of nitrogens with zero attached hydrogens (tertiary/aromatic N) is 2. The number of benzene rings is 10. The molecule has 0 amide bonds. The molecule has 60 heavy (non-hydrogen) atoms. The van der Waals surface area contributed by atoms with E-state index in [0.717, 1.165) is 5.69 Å². The molecule has 12 aromatic rings. The molecule has 2 aromatic heterocycles. The molecule has 0 unspecified atom stereocenters. The molecule has 280 valence electrons. The summed E-state index contributed by atoms with van der Waals surface area (Å²) in [6.07, 6.45) is 0. The lowest BCUT2D eigenvalue weighted by atomic mass is 9.98. The Bertz CT molecular complexity index is 3540. The van der Waals surface area contributed by atoms with Crippen LogP contribution in [0.1, 0.15) is 0 Å². The van der Waals surface area contributed by atoms with Crippen LogP contribution in [0.25, 0.3) is 110 Å². The third kappa shape index (κ3) is 5.57. The normalized spacial score (nSPS) is 11.7. The van der Waals surface area contributed by atoms with E-state index in [1.54, 1.807) is 0 Å². The van der Waals surface area contributed by atoms with Gasteiger partial charge in [-0.1, -0.05) is 176 Å². The number of hydrogen-bond donors (Lipinski definition) is 0. The van der Waals surface area contributed by atoms with Gasteiger partial charge in [0, 0.05) is 38.3 Å². The molecule has 0 fully saturated rings. The molecule has 0 atom stereocenters. The number of aromatic nitrogens is 2. The van der Waals surface area contributed by atoms with Gasteiger partial charge in [0.05, 0.1) is 22.1 Å². The Morgan fingerprint density at radius 1 is 0.217 bits per heavy atom. The monoisotopic (exact) mass is 762 g/mol. The fourth-order valence-corrected chi connectivity index (χ4v) is 9.38. The minimum Gasteiger partial charge on any atom is -0.309 e. The molecular weight excluding hydrogens is 725 g/mol. The smallest absolute Gasteiger partial charge is 0.0619 e. The summed E-state index contributed by atoms with van der Waals surface area (Å²) in [6.45, 7) is 0. The van der Waals surface area contributed by atoms with Gasteiger partial charge in [-0.15, -0.1) is 0 Å². The van der Waals surface area contributed by atoms with Gasteiger partial charge in [0.15, 0.2) is 0 Å². The van der Waals surface area contributed by atoms with E-state index in [1.165, 1.54) is 105 Å². The first-order valence-electron chi connectivity index (χ1n) is 20.7. The number of para-hydroxylation sites is 2. The number of hydrogen-bond acceptors (Lipinski definition) is 0. The van der Waals surface area contributed by atoms with Crippen molar-refractivity contribution >= 4 is 54.4 Å². The second-order valence-corrected chi connectivity index (χ2v) is 15.7. The average Bonchev–Trinajstić information content (AvgIpc) is 3.85. The van der Waals surface area contributed by atoms with Crippen LogP contribution in [0.3, 0.4) is 0 Å². The fourth-order valence-electron chi connectivity index (χ4n) is 9.38. The average molecular weight is 763 g/mol. The van der Waals surface area contributed by atoms with Crippen molar-refractivity contribution in [3.05, 3.63) is 231 Å². The Hall–Kier alpha value is -7.94. The van der Waals surface area contributed by atoms with E-state index < -0.39 is 0 Å². The molecule has 0 saturated heterocycles. The van der Waals surface area contributed by atoms with Crippen LogP contribution in [0, 0.1) is 0 Å². The van der Waals surface area contributed by atoms with Crippen LogP contribution in [0.4, 0.5) is 0 Å². The van der Waals surface area contributed by atoms with Crippen LogP contribution < -0.4 is 0 Å². The summed E-state index contributed by atoms with van der Waals surface area (Å²) in [4.78, 5) is 0. The predicted molar refractivity (Wildman–Crippen MR) is 254 cm³/mol. The Kier molecular flexibility index (Phi) is 7.89. The molecule has 0 saturated carbocycles. The van der Waals surface area contributed by atoms with E-state index in [-0.39, 0.29) is 0 Å². The van der Waals surface area contributed by atoms with E-state index in [0.29, 0.717) is 0 Å². The first kappa shape index (κ1) is 34.1. The summed E-state index contributed by atoms with van der Waals surface area (Å²) >= 11 is 0. The van der Waals surface area contributed by atoms with Crippen molar-refractivity contribution < 1.29 is 0 Å². The van der Waals surface area contributed by atoms with E-state index in [1.807, 2.05) is 0 Å². The van der Waals surface area contributed by atoms with Crippen molar-refractivity contribution in [3.63, 3.8) is 0 Å².